The molecule has 1 N–H and O–H groups in total. The molecule has 0 heterocycles. The van der Waals surface area contributed by atoms with Crippen LogP contribution in [-0.4, -0.2) is 34.8 Å². The van der Waals surface area contributed by atoms with E-state index in [1.165, 1.54) is 126 Å². The number of anilines is 1. The monoisotopic (exact) mass is 653 g/mol. The Morgan fingerprint density at radius 2 is 0.867 bits per heavy atom. The van der Waals surface area contributed by atoms with E-state index >= 15 is 0 Å². The summed E-state index contributed by atoms with van der Waals surface area (Å²) in [5.74, 6) is 0. The summed E-state index contributed by atoms with van der Waals surface area (Å²) in [6, 6.07) is 13.0. The first-order valence-corrected chi connectivity index (χ1v) is 19.5. The highest BCUT2D eigenvalue weighted by molar-refractivity contribution is 7.90. The fraction of sp³-hybridized carbons (Fsp3) is 0.500. The Morgan fingerprint density at radius 1 is 0.511 bits per heavy atom. The first kappa shape index (κ1) is 36.4. The van der Waals surface area contributed by atoms with Gasteiger partial charge in [0.2, 0.25) is 0 Å². The zero-order valence-corrected chi connectivity index (χ0v) is 28.7. The van der Waals surface area contributed by atoms with E-state index in [1.807, 2.05) is 6.92 Å². The largest absolute Gasteiger partial charge is 0.385 e. The third kappa shape index (κ3) is 13.9. The van der Waals surface area contributed by atoms with E-state index < -0.39 is 20.0 Å². The van der Waals surface area contributed by atoms with E-state index in [0.29, 0.717) is 0 Å². The van der Waals surface area contributed by atoms with Crippen LogP contribution in [0.2, 0.25) is 0 Å². The van der Waals surface area contributed by atoms with Crippen LogP contribution in [0.3, 0.4) is 0 Å². The van der Waals surface area contributed by atoms with Crippen LogP contribution in [-0.2, 0) is 20.0 Å². The fourth-order valence-corrected chi connectivity index (χ4v) is 7.11. The minimum atomic E-state index is -3.93. The lowest BCUT2D eigenvalue weighted by molar-refractivity contribution is 0.533. The molecule has 0 aromatic heterocycles. The van der Waals surface area contributed by atoms with Gasteiger partial charge in [-0.25, -0.2) is 0 Å². The van der Waals surface area contributed by atoms with Crippen molar-refractivity contribution in [3.8, 4) is 0 Å². The second kappa shape index (κ2) is 19.5. The van der Waals surface area contributed by atoms with Crippen molar-refractivity contribution in [2.45, 2.75) is 120 Å². The topological polar surface area (TPSA) is 105 Å². The molecule has 9 heteroatoms. The molecular weight excluding hydrogens is 603 g/mol. The van der Waals surface area contributed by atoms with Gasteiger partial charge >= 0.3 is 0 Å². The molecule has 0 unspecified atom stereocenters. The number of rotatable bonds is 21. The quantitative estimate of drug-likeness (QED) is 0.107. The minimum Gasteiger partial charge on any atom is -0.385 e. The maximum atomic E-state index is 12.8. The van der Waals surface area contributed by atoms with E-state index in [2.05, 4.69) is 21.0 Å². The number of benzene rings is 2. The number of sulfonamides is 2. The number of unbranched alkanes of at least 4 members (excludes halogenated alkanes) is 14. The van der Waals surface area contributed by atoms with Gasteiger partial charge < -0.3 is 5.32 Å². The average Bonchev–Trinajstić information content (AvgIpc) is 3.02. The Kier molecular flexibility index (Phi) is 15.8. The first-order valence-electron chi connectivity index (χ1n) is 16.7. The van der Waals surface area contributed by atoms with Crippen molar-refractivity contribution in [3.05, 3.63) is 78.4 Å². The molecule has 2 aromatic carbocycles. The summed E-state index contributed by atoms with van der Waals surface area (Å²) in [4.78, 5) is 0.188. The van der Waals surface area contributed by atoms with Crippen molar-refractivity contribution in [2.24, 2.45) is 8.80 Å². The van der Waals surface area contributed by atoms with Crippen LogP contribution < -0.4 is 5.32 Å². The molecule has 1 aliphatic rings. The van der Waals surface area contributed by atoms with Gasteiger partial charge in [0.05, 0.1) is 21.2 Å². The number of nitrogens with one attached hydrogen (secondary N) is 1. The maximum Gasteiger partial charge on any atom is 0.282 e. The third-order valence-corrected chi connectivity index (χ3v) is 10.5. The van der Waals surface area contributed by atoms with Gasteiger partial charge in [-0.3, -0.25) is 0 Å². The lowest BCUT2D eigenvalue weighted by Crippen LogP contribution is -2.07. The Hall–Kier alpha value is -3.04. The van der Waals surface area contributed by atoms with E-state index in [0.717, 1.165) is 24.2 Å². The summed E-state index contributed by atoms with van der Waals surface area (Å²) < 4.78 is 58.6. The predicted octanol–water partition coefficient (Wildman–Crippen LogP) is 9.36. The summed E-state index contributed by atoms with van der Waals surface area (Å²) in [5.41, 5.74) is 2.20. The predicted molar refractivity (Wildman–Crippen MR) is 189 cm³/mol. The molecule has 3 rings (SSSR count). The molecule has 0 aliphatic heterocycles. The summed E-state index contributed by atoms with van der Waals surface area (Å²) in [5, 5.41) is 3.37. The molecule has 45 heavy (non-hydrogen) atoms. The Bertz CT molecular complexity index is 1490. The highest BCUT2D eigenvalue weighted by Crippen LogP contribution is 2.19. The van der Waals surface area contributed by atoms with Crippen LogP contribution in [0.5, 0.6) is 0 Å². The molecular formula is C36H51N3O4S2. The van der Waals surface area contributed by atoms with Crippen LogP contribution >= 0.6 is 0 Å². The average molecular weight is 654 g/mol. The standard InChI is InChI=1S/C36H51N3O4S2/c1-3-4-5-6-7-8-9-10-11-12-13-14-15-16-17-30-37-32-24-28-36(29-25-32)45(42,43)39-34-22-20-33(21-23-34)38-44(40,41)35-26-18-31(2)19-27-35/h18-29,37H,3-17,30H2,1-2H3. The van der Waals surface area contributed by atoms with Gasteiger partial charge in [-0.15, -0.1) is 0 Å². The van der Waals surface area contributed by atoms with Crippen LogP contribution in [0.1, 0.15) is 109 Å². The van der Waals surface area contributed by atoms with Crippen molar-refractivity contribution in [3.63, 3.8) is 0 Å². The Morgan fingerprint density at radius 3 is 1.27 bits per heavy atom. The van der Waals surface area contributed by atoms with E-state index in [9.17, 15) is 16.8 Å². The number of nitrogens with zero attached hydrogens (tertiary/aromatic N) is 2. The maximum absolute atomic E-state index is 12.8. The van der Waals surface area contributed by atoms with E-state index in [1.54, 1.807) is 36.4 Å². The Labute approximate surface area is 272 Å². The number of hydrogen-bond donors (Lipinski definition) is 1. The zero-order valence-electron chi connectivity index (χ0n) is 27.1. The van der Waals surface area contributed by atoms with Gasteiger partial charge in [-0.1, -0.05) is 115 Å². The van der Waals surface area contributed by atoms with Crippen LogP contribution in [0.15, 0.2) is 91.4 Å². The summed E-state index contributed by atoms with van der Waals surface area (Å²) in [6.07, 6.45) is 25.8. The number of hydrogen-bond acceptors (Lipinski definition) is 5. The minimum absolute atomic E-state index is 0.0933. The van der Waals surface area contributed by atoms with Crippen LogP contribution in [0.4, 0.5) is 5.69 Å². The second-order valence-electron chi connectivity index (χ2n) is 11.9. The first-order chi connectivity index (χ1) is 21.7. The molecule has 7 nitrogen and oxygen atoms in total. The van der Waals surface area contributed by atoms with E-state index in [4.69, 9.17) is 0 Å². The van der Waals surface area contributed by atoms with Crippen molar-refractivity contribution >= 4 is 37.2 Å². The van der Waals surface area contributed by atoms with Crippen LogP contribution in [0.25, 0.3) is 0 Å². The van der Waals surface area contributed by atoms with Gasteiger partial charge in [0.1, 0.15) is 0 Å². The molecule has 1 aliphatic carbocycles. The highest BCUT2D eigenvalue weighted by atomic mass is 32.2. The van der Waals surface area contributed by atoms with Crippen molar-refractivity contribution in [1.82, 2.24) is 0 Å². The van der Waals surface area contributed by atoms with Crippen LogP contribution in [0, 0.1) is 6.92 Å². The summed E-state index contributed by atoms with van der Waals surface area (Å²) >= 11 is 0. The number of aryl methyl sites for hydroxylation is 1. The molecule has 0 atom stereocenters. The smallest absolute Gasteiger partial charge is 0.282 e. The van der Waals surface area contributed by atoms with Crippen molar-refractivity contribution in [2.75, 3.05) is 11.9 Å². The zero-order chi connectivity index (χ0) is 32.4. The third-order valence-electron chi connectivity index (χ3n) is 7.88. The SMILES string of the molecule is CCCCCCCCCCCCCCCCCNc1ccc(S(=O)(=O)N=C2C=CC(=NS(=O)(=O)c3ccc(C)cc3)C=C2)cc1. The summed E-state index contributed by atoms with van der Waals surface area (Å²) in [6.45, 7) is 4.99. The molecule has 0 fully saturated rings. The molecule has 246 valence electrons. The molecule has 0 amide bonds. The summed E-state index contributed by atoms with van der Waals surface area (Å²) in [7, 11) is -7.81. The second-order valence-corrected chi connectivity index (χ2v) is 15.1. The molecule has 0 saturated heterocycles. The Balaban J connectivity index is 1.32. The molecule has 0 spiro atoms. The van der Waals surface area contributed by atoms with Gasteiger partial charge in [0.25, 0.3) is 20.0 Å². The van der Waals surface area contributed by atoms with Gasteiger partial charge in [-0.05, 0) is 74.0 Å². The fourth-order valence-electron chi connectivity index (χ4n) is 5.14. The molecule has 0 saturated carbocycles. The molecule has 2 aromatic rings. The number of allylic oxidation sites excluding steroid dienone is 4. The van der Waals surface area contributed by atoms with Crippen molar-refractivity contribution < 1.29 is 16.8 Å². The van der Waals surface area contributed by atoms with Gasteiger partial charge in [0, 0.05) is 12.2 Å². The van der Waals surface area contributed by atoms with Gasteiger partial charge in [-0.2, -0.15) is 25.6 Å². The highest BCUT2D eigenvalue weighted by Gasteiger charge is 2.16. The van der Waals surface area contributed by atoms with Crippen molar-refractivity contribution in [1.29, 1.82) is 0 Å². The molecule has 0 bridgehead atoms. The lowest BCUT2D eigenvalue weighted by Gasteiger charge is -2.08. The molecule has 0 radical (unpaired) electrons. The lowest BCUT2D eigenvalue weighted by atomic mass is 10.0. The normalized spacial score (nSPS) is 13.3. The van der Waals surface area contributed by atoms with Gasteiger partial charge in [0.15, 0.2) is 0 Å². The van der Waals surface area contributed by atoms with E-state index in [-0.39, 0.29) is 21.2 Å².